The summed E-state index contributed by atoms with van der Waals surface area (Å²) in [5.74, 6) is 0. The Balaban J connectivity index is 2.46. The van der Waals surface area contributed by atoms with Crippen molar-refractivity contribution in [1.29, 1.82) is 0 Å². The second-order valence-corrected chi connectivity index (χ2v) is 5.98. The molecule has 0 heterocycles. The predicted octanol–water partition coefficient (Wildman–Crippen LogP) is -1.68. The van der Waals surface area contributed by atoms with Gasteiger partial charge in [0.25, 0.3) is 0 Å². The van der Waals surface area contributed by atoms with Gasteiger partial charge in [-0.25, -0.2) is 0 Å². The molecule has 0 spiro atoms. The number of hydrogen-bond donors (Lipinski definition) is 6. The van der Waals surface area contributed by atoms with Crippen LogP contribution in [-0.2, 0) is 6.42 Å². The number of rotatable bonds is 12. The maximum absolute atomic E-state index is 10.1. The second kappa shape index (κ2) is 11.5. The van der Waals surface area contributed by atoms with Gasteiger partial charge < -0.3 is 31.3 Å². The Morgan fingerprint density at radius 2 is 1.54 bits per heavy atom. The van der Waals surface area contributed by atoms with E-state index in [1.54, 1.807) is 0 Å². The number of hydrogen-bond acceptors (Lipinski definition) is 7. The van der Waals surface area contributed by atoms with Crippen LogP contribution >= 0.6 is 0 Å². The minimum atomic E-state index is -1.60. The van der Waals surface area contributed by atoms with Crippen molar-refractivity contribution in [3.8, 4) is 0 Å². The molecule has 0 unspecified atom stereocenters. The average molecular weight is 342 g/mol. The van der Waals surface area contributed by atoms with Gasteiger partial charge in [0.15, 0.2) is 0 Å². The van der Waals surface area contributed by atoms with Gasteiger partial charge >= 0.3 is 0 Å². The molecule has 7 nitrogen and oxygen atoms in total. The van der Waals surface area contributed by atoms with Gasteiger partial charge in [-0.1, -0.05) is 30.3 Å². The first-order chi connectivity index (χ1) is 11.5. The first-order valence-corrected chi connectivity index (χ1v) is 8.29. The number of aliphatic hydroxyl groups is 5. The number of aliphatic hydroxyl groups excluding tert-OH is 5. The molecule has 1 aromatic carbocycles. The zero-order chi connectivity index (χ0) is 17.9. The van der Waals surface area contributed by atoms with Gasteiger partial charge in [0.05, 0.1) is 12.7 Å². The van der Waals surface area contributed by atoms with Crippen molar-refractivity contribution in [2.75, 3.05) is 32.8 Å². The van der Waals surface area contributed by atoms with Gasteiger partial charge in [0.2, 0.25) is 0 Å². The van der Waals surface area contributed by atoms with Gasteiger partial charge in [-0.15, -0.1) is 0 Å². The molecule has 0 bridgehead atoms. The summed E-state index contributed by atoms with van der Waals surface area (Å²) in [7, 11) is 0. The van der Waals surface area contributed by atoms with Crippen LogP contribution in [0.5, 0.6) is 0 Å². The molecule has 0 aliphatic carbocycles. The lowest BCUT2D eigenvalue weighted by Crippen LogP contribution is -2.50. The van der Waals surface area contributed by atoms with Crippen LogP contribution in [0, 0.1) is 0 Å². The van der Waals surface area contributed by atoms with Crippen molar-refractivity contribution >= 4 is 0 Å². The van der Waals surface area contributed by atoms with Crippen LogP contribution in [0.4, 0.5) is 0 Å². The highest BCUT2D eigenvalue weighted by molar-refractivity contribution is 5.14. The minimum Gasteiger partial charge on any atom is -0.394 e. The molecule has 0 radical (unpaired) electrons. The first kappa shape index (κ1) is 21.0. The van der Waals surface area contributed by atoms with E-state index in [1.807, 2.05) is 23.1 Å². The zero-order valence-electron chi connectivity index (χ0n) is 13.9. The molecule has 0 saturated heterocycles. The largest absolute Gasteiger partial charge is 0.394 e. The highest BCUT2D eigenvalue weighted by atomic mass is 16.4. The topological polar surface area (TPSA) is 130 Å². The van der Waals surface area contributed by atoms with E-state index in [4.69, 9.17) is 10.8 Å². The third-order valence-corrected chi connectivity index (χ3v) is 4.00. The fourth-order valence-corrected chi connectivity index (χ4v) is 2.56. The van der Waals surface area contributed by atoms with E-state index in [1.165, 1.54) is 5.56 Å². The molecule has 0 amide bonds. The van der Waals surface area contributed by atoms with Crippen LogP contribution in [0.15, 0.2) is 30.3 Å². The lowest BCUT2D eigenvalue weighted by molar-refractivity contribution is -0.119. The standard InChI is InChI=1S/C17H30N2O5/c18-8-10-19(9-4-7-13-5-2-1-3-6-13)11-14(21)16(23)17(24)15(22)12-20/h1-3,5-6,14-17,20-24H,4,7-12,18H2/t14-,15+,16+,17+/m0/s1. The van der Waals surface area contributed by atoms with Gasteiger partial charge in [0.1, 0.15) is 18.3 Å². The molecular formula is C17H30N2O5. The fraction of sp³-hybridized carbons (Fsp3) is 0.647. The van der Waals surface area contributed by atoms with Crippen LogP contribution in [0.2, 0.25) is 0 Å². The first-order valence-electron chi connectivity index (χ1n) is 8.29. The Kier molecular flexibility index (Phi) is 10.0. The molecule has 1 aromatic rings. The quantitative estimate of drug-likeness (QED) is 0.267. The summed E-state index contributed by atoms with van der Waals surface area (Å²) >= 11 is 0. The Labute approximate surface area is 143 Å². The third-order valence-electron chi connectivity index (χ3n) is 4.00. The molecule has 24 heavy (non-hydrogen) atoms. The van der Waals surface area contributed by atoms with E-state index in [0.717, 1.165) is 12.8 Å². The molecule has 0 aliphatic heterocycles. The molecule has 1 rings (SSSR count). The van der Waals surface area contributed by atoms with Crippen molar-refractivity contribution in [2.24, 2.45) is 5.73 Å². The second-order valence-electron chi connectivity index (χ2n) is 5.98. The smallest absolute Gasteiger partial charge is 0.111 e. The van der Waals surface area contributed by atoms with E-state index in [0.29, 0.717) is 19.6 Å². The molecular weight excluding hydrogens is 312 g/mol. The SMILES string of the molecule is NCCN(CCCc1ccccc1)C[C@H](O)[C@@H](O)[C@H](O)[C@H](O)CO. The number of nitrogens with zero attached hydrogens (tertiary/aromatic N) is 1. The van der Waals surface area contributed by atoms with E-state index < -0.39 is 31.0 Å². The van der Waals surface area contributed by atoms with Gasteiger partial charge in [-0.3, -0.25) is 4.90 Å². The summed E-state index contributed by atoms with van der Waals surface area (Å²) in [6.45, 7) is 1.10. The summed E-state index contributed by atoms with van der Waals surface area (Å²) in [4.78, 5) is 1.91. The van der Waals surface area contributed by atoms with Crippen LogP contribution in [0.25, 0.3) is 0 Å². The molecule has 0 saturated carbocycles. The number of nitrogens with two attached hydrogens (primary N) is 1. The van der Waals surface area contributed by atoms with Gasteiger partial charge in [0, 0.05) is 19.6 Å². The van der Waals surface area contributed by atoms with Crippen LogP contribution in [0.3, 0.4) is 0 Å². The summed E-state index contributed by atoms with van der Waals surface area (Å²) in [6.07, 6.45) is -4.11. The third kappa shape index (κ3) is 7.23. The van der Waals surface area contributed by atoms with Crippen molar-refractivity contribution in [1.82, 2.24) is 4.90 Å². The van der Waals surface area contributed by atoms with Crippen LogP contribution in [-0.4, -0.2) is 87.6 Å². The van der Waals surface area contributed by atoms with Crippen LogP contribution in [0.1, 0.15) is 12.0 Å². The van der Waals surface area contributed by atoms with E-state index in [2.05, 4.69) is 12.1 Å². The Hall–Kier alpha value is -1.06. The van der Waals surface area contributed by atoms with E-state index in [-0.39, 0.29) is 6.54 Å². The molecule has 0 fully saturated rings. The Morgan fingerprint density at radius 1 is 0.917 bits per heavy atom. The Morgan fingerprint density at radius 3 is 2.12 bits per heavy atom. The minimum absolute atomic E-state index is 0.127. The van der Waals surface area contributed by atoms with Gasteiger partial charge in [-0.05, 0) is 24.9 Å². The van der Waals surface area contributed by atoms with Crippen molar-refractivity contribution in [2.45, 2.75) is 37.3 Å². The maximum atomic E-state index is 10.1. The fourth-order valence-electron chi connectivity index (χ4n) is 2.56. The van der Waals surface area contributed by atoms with E-state index >= 15 is 0 Å². The van der Waals surface area contributed by atoms with Crippen molar-refractivity contribution in [3.05, 3.63) is 35.9 Å². The highest BCUT2D eigenvalue weighted by Crippen LogP contribution is 2.08. The maximum Gasteiger partial charge on any atom is 0.111 e. The molecule has 7 N–H and O–H groups in total. The Bertz CT molecular complexity index is 434. The van der Waals surface area contributed by atoms with Crippen molar-refractivity contribution in [3.63, 3.8) is 0 Å². The zero-order valence-corrected chi connectivity index (χ0v) is 13.9. The summed E-state index contributed by atoms with van der Waals surface area (Å²) < 4.78 is 0. The molecule has 0 aromatic heterocycles. The summed E-state index contributed by atoms with van der Waals surface area (Å²) in [5, 5.41) is 47.7. The predicted molar refractivity (Wildman–Crippen MR) is 91.4 cm³/mol. The lowest BCUT2D eigenvalue weighted by atomic mass is 10.0. The highest BCUT2D eigenvalue weighted by Gasteiger charge is 2.30. The summed E-state index contributed by atoms with van der Waals surface area (Å²) in [6, 6.07) is 10.0. The summed E-state index contributed by atoms with van der Waals surface area (Å²) in [5.41, 5.74) is 6.81. The van der Waals surface area contributed by atoms with Gasteiger partial charge in [-0.2, -0.15) is 0 Å². The average Bonchev–Trinajstić information content (AvgIpc) is 2.60. The monoisotopic (exact) mass is 342 g/mol. The normalized spacial score (nSPS) is 16.8. The lowest BCUT2D eigenvalue weighted by Gasteiger charge is -2.30. The van der Waals surface area contributed by atoms with Crippen molar-refractivity contribution < 1.29 is 25.5 Å². The molecule has 138 valence electrons. The number of aryl methyl sites for hydroxylation is 1. The van der Waals surface area contributed by atoms with Crippen LogP contribution < -0.4 is 5.73 Å². The molecule has 4 atom stereocenters. The molecule has 0 aliphatic rings. The number of benzene rings is 1. The molecule has 7 heteroatoms. The van der Waals surface area contributed by atoms with E-state index in [9.17, 15) is 20.4 Å².